The van der Waals surface area contributed by atoms with Gasteiger partial charge in [-0.05, 0) is 37.1 Å². The van der Waals surface area contributed by atoms with E-state index < -0.39 is 0 Å². The molecule has 138 valence electrons. The summed E-state index contributed by atoms with van der Waals surface area (Å²) in [6.07, 6.45) is 0.911. The predicted octanol–water partition coefficient (Wildman–Crippen LogP) is 3.97. The monoisotopic (exact) mass is 362 g/mol. The van der Waals surface area contributed by atoms with Crippen molar-refractivity contribution in [2.45, 2.75) is 13.3 Å². The van der Waals surface area contributed by atoms with Crippen LogP contribution in [0.1, 0.15) is 21.6 Å². The van der Waals surface area contributed by atoms with Crippen LogP contribution >= 0.6 is 0 Å². The maximum Gasteiger partial charge on any atom is 0.337 e. The minimum absolute atomic E-state index is 0.382. The molecule has 2 aromatic carbocycles. The van der Waals surface area contributed by atoms with E-state index in [9.17, 15) is 4.79 Å². The fourth-order valence-corrected chi connectivity index (χ4v) is 2.67. The number of nitrogens with zero attached hydrogens (tertiary/aromatic N) is 2. The van der Waals surface area contributed by atoms with Gasteiger partial charge in [0.15, 0.2) is 0 Å². The first-order valence-corrected chi connectivity index (χ1v) is 8.73. The number of esters is 1. The molecule has 0 amide bonds. The second-order valence-electron chi connectivity index (χ2n) is 6.08. The first kappa shape index (κ1) is 18.4. The number of anilines is 3. The first-order chi connectivity index (χ1) is 13.1. The Balaban J connectivity index is 1.67. The summed E-state index contributed by atoms with van der Waals surface area (Å²) in [6.45, 7) is 2.69. The highest BCUT2D eigenvalue weighted by Crippen LogP contribution is 2.17. The van der Waals surface area contributed by atoms with Crippen LogP contribution in [0, 0.1) is 6.92 Å². The molecule has 0 radical (unpaired) electrons. The fraction of sp³-hybridized carbons (Fsp3) is 0.190. The third kappa shape index (κ3) is 5.28. The molecule has 0 fully saturated rings. The Morgan fingerprint density at radius 1 is 1.04 bits per heavy atom. The standard InChI is InChI=1S/C21H22N4O2/c1-15-13-19(22-12-11-16-7-4-3-5-8-16)25-21(23-15)24-18-10-6-9-17(14-18)20(26)27-2/h3-10,13-14H,11-12H2,1-2H3,(H2,22,23,24,25). The molecule has 0 aliphatic carbocycles. The number of nitrogens with one attached hydrogen (secondary N) is 2. The highest BCUT2D eigenvalue weighted by molar-refractivity contribution is 5.90. The minimum Gasteiger partial charge on any atom is -0.465 e. The van der Waals surface area contributed by atoms with Crippen molar-refractivity contribution in [3.8, 4) is 0 Å². The van der Waals surface area contributed by atoms with E-state index in [1.807, 2.05) is 37.3 Å². The first-order valence-electron chi connectivity index (χ1n) is 8.73. The van der Waals surface area contributed by atoms with E-state index in [-0.39, 0.29) is 5.97 Å². The molecule has 0 atom stereocenters. The van der Waals surface area contributed by atoms with Crippen molar-refractivity contribution in [3.63, 3.8) is 0 Å². The third-order valence-electron chi connectivity index (χ3n) is 3.96. The summed E-state index contributed by atoms with van der Waals surface area (Å²) < 4.78 is 4.75. The number of benzene rings is 2. The van der Waals surface area contributed by atoms with E-state index in [0.29, 0.717) is 11.5 Å². The van der Waals surface area contributed by atoms with Crippen LogP contribution in [0.3, 0.4) is 0 Å². The number of ether oxygens (including phenoxy) is 1. The molecule has 0 saturated carbocycles. The molecule has 0 aliphatic heterocycles. The lowest BCUT2D eigenvalue weighted by molar-refractivity contribution is 0.0601. The van der Waals surface area contributed by atoms with Gasteiger partial charge in [0, 0.05) is 24.0 Å². The van der Waals surface area contributed by atoms with Gasteiger partial charge in [0.05, 0.1) is 12.7 Å². The zero-order chi connectivity index (χ0) is 19.1. The zero-order valence-corrected chi connectivity index (χ0v) is 15.4. The maximum absolute atomic E-state index is 11.7. The van der Waals surface area contributed by atoms with Crippen molar-refractivity contribution in [1.29, 1.82) is 0 Å². The molecule has 6 nitrogen and oxygen atoms in total. The zero-order valence-electron chi connectivity index (χ0n) is 15.4. The van der Waals surface area contributed by atoms with Gasteiger partial charge in [0.1, 0.15) is 5.82 Å². The molecule has 0 unspecified atom stereocenters. The van der Waals surface area contributed by atoms with E-state index in [1.165, 1.54) is 12.7 Å². The van der Waals surface area contributed by atoms with Crippen LogP contribution in [-0.2, 0) is 11.2 Å². The van der Waals surface area contributed by atoms with E-state index in [2.05, 4.69) is 32.7 Å². The fourth-order valence-electron chi connectivity index (χ4n) is 2.67. The van der Waals surface area contributed by atoms with Crippen molar-refractivity contribution in [1.82, 2.24) is 9.97 Å². The van der Waals surface area contributed by atoms with Gasteiger partial charge >= 0.3 is 5.97 Å². The Morgan fingerprint density at radius 3 is 2.63 bits per heavy atom. The van der Waals surface area contributed by atoms with Crippen molar-refractivity contribution in [2.24, 2.45) is 0 Å². The van der Waals surface area contributed by atoms with Crippen LogP contribution in [-0.4, -0.2) is 29.6 Å². The Labute approximate surface area is 158 Å². The van der Waals surface area contributed by atoms with Crippen molar-refractivity contribution in [2.75, 3.05) is 24.3 Å². The molecule has 0 bridgehead atoms. The molecule has 0 aliphatic rings. The summed E-state index contributed by atoms with van der Waals surface area (Å²) in [5, 5.41) is 6.48. The number of hydrogen-bond donors (Lipinski definition) is 2. The smallest absolute Gasteiger partial charge is 0.337 e. The summed E-state index contributed by atoms with van der Waals surface area (Å²) in [4.78, 5) is 20.6. The molecule has 3 aromatic rings. The summed E-state index contributed by atoms with van der Waals surface area (Å²) in [6, 6.07) is 19.2. The third-order valence-corrected chi connectivity index (χ3v) is 3.96. The number of aryl methyl sites for hydroxylation is 1. The quantitative estimate of drug-likeness (QED) is 0.620. The Hall–Kier alpha value is -3.41. The lowest BCUT2D eigenvalue weighted by Crippen LogP contribution is -2.09. The van der Waals surface area contributed by atoms with Gasteiger partial charge < -0.3 is 15.4 Å². The summed E-state index contributed by atoms with van der Waals surface area (Å²) in [5.74, 6) is 0.844. The lowest BCUT2D eigenvalue weighted by Gasteiger charge is -2.10. The molecule has 1 heterocycles. The van der Waals surface area contributed by atoms with Crippen molar-refractivity contribution < 1.29 is 9.53 Å². The Bertz CT molecular complexity index is 913. The average Bonchev–Trinajstić information content (AvgIpc) is 2.68. The SMILES string of the molecule is COC(=O)c1cccc(Nc2nc(C)cc(NCCc3ccccc3)n2)c1. The van der Waals surface area contributed by atoms with Gasteiger partial charge in [-0.25, -0.2) is 9.78 Å². The highest BCUT2D eigenvalue weighted by Gasteiger charge is 2.07. The molecule has 0 spiro atoms. The van der Waals surface area contributed by atoms with Gasteiger partial charge in [-0.15, -0.1) is 0 Å². The summed E-state index contributed by atoms with van der Waals surface area (Å²) >= 11 is 0. The average molecular weight is 362 g/mol. The van der Waals surface area contributed by atoms with Gasteiger partial charge in [0.2, 0.25) is 5.95 Å². The molecule has 1 aromatic heterocycles. The van der Waals surface area contributed by atoms with E-state index in [4.69, 9.17) is 4.74 Å². The number of methoxy groups -OCH3 is 1. The van der Waals surface area contributed by atoms with Crippen LogP contribution in [0.5, 0.6) is 0 Å². The normalized spacial score (nSPS) is 10.3. The summed E-state index contributed by atoms with van der Waals surface area (Å²) in [7, 11) is 1.36. The molecule has 0 saturated heterocycles. The predicted molar refractivity (Wildman–Crippen MR) is 106 cm³/mol. The van der Waals surface area contributed by atoms with E-state index >= 15 is 0 Å². The van der Waals surface area contributed by atoms with Crippen LogP contribution < -0.4 is 10.6 Å². The van der Waals surface area contributed by atoms with Gasteiger partial charge in [-0.2, -0.15) is 4.98 Å². The summed E-state index contributed by atoms with van der Waals surface area (Å²) in [5.41, 5.74) is 3.31. The lowest BCUT2D eigenvalue weighted by atomic mass is 10.1. The molecule has 6 heteroatoms. The number of carbonyl (C=O) groups excluding carboxylic acids is 1. The number of rotatable bonds is 7. The van der Waals surface area contributed by atoms with Crippen LogP contribution in [0.25, 0.3) is 0 Å². The van der Waals surface area contributed by atoms with Gasteiger partial charge in [0.25, 0.3) is 0 Å². The van der Waals surface area contributed by atoms with Gasteiger partial charge in [-0.1, -0.05) is 36.4 Å². The minimum atomic E-state index is -0.382. The molecular weight excluding hydrogens is 340 g/mol. The topological polar surface area (TPSA) is 76.1 Å². The Kier molecular flexibility index (Phi) is 5.99. The maximum atomic E-state index is 11.7. The highest BCUT2D eigenvalue weighted by atomic mass is 16.5. The van der Waals surface area contributed by atoms with Crippen molar-refractivity contribution in [3.05, 3.63) is 77.5 Å². The number of carbonyl (C=O) groups is 1. The number of aromatic nitrogens is 2. The van der Waals surface area contributed by atoms with Crippen LogP contribution in [0.2, 0.25) is 0 Å². The number of hydrogen-bond acceptors (Lipinski definition) is 6. The van der Waals surface area contributed by atoms with Crippen LogP contribution in [0.4, 0.5) is 17.5 Å². The molecule has 2 N–H and O–H groups in total. The van der Waals surface area contributed by atoms with Crippen LogP contribution in [0.15, 0.2) is 60.7 Å². The van der Waals surface area contributed by atoms with E-state index in [1.54, 1.807) is 18.2 Å². The second kappa shape index (κ2) is 8.80. The van der Waals surface area contributed by atoms with Gasteiger partial charge in [-0.3, -0.25) is 0 Å². The second-order valence-corrected chi connectivity index (χ2v) is 6.08. The largest absolute Gasteiger partial charge is 0.465 e. The molecule has 27 heavy (non-hydrogen) atoms. The Morgan fingerprint density at radius 2 is 1.85 bits per heavy atom. The van der Waals surface area contributed by atoms with E-state index in [0.717, 1.165) is 30.2 Å². The van der Waals surface area contributed by atoms with Crippen molar-refractivity contribution >= 4 is 23.4 Å². The molecule has 3 rings (SSSR count). The molecular formula is C21H22N4O2.